The van der Waals surface area contributed by atoms with E-state index < -0.39 is 11.9 Å². The first kappa shape index (κ1) is 22.0. The van der Waals surface area contributed by atoms with Crippen LogP contribution in [0.5, 0.6) is 0 Å². The van der Waals surface area contributed by atoms with Crippen molar-refractivity contribution in [2.45, 2.75) is 52.5 Å². The summed E-state index contributed by atoms with van der Waals surface area (Å²) in [6.07, 6.45) is 2.69. The van der Waals surface area contributed by atoms with E-state index in [1.54, 1.807) is 32.0 Å². The highest BCUT2D eigenvalue weighted by Crippen LogP contribution is 2.40. The molecule has 0 unspecified atom stereocenters. The van der Waals surface area contributed by atoms with Gasteiger partial charge in [0.05, 0.1) is 13.2 Å². The third kappa shape index (κ3) is 4.41. The lowest BCUT2D eigenvalue weighted by Crippen LogP contribution is -2.21. The molecule has 0 saturated heterocycles. The normalized spacial score (nSPS) is 13.6. The maximum atomic E-state index is 12.9. The zero-order valence-corrected chi connectivity index (χ0v) is 18.1. The van der Waals surface area contributed by atoms with Gasteiger partial charge < -0.3 is 9.47 Å². The first-order chi connectivity index (χ1) is 14.4. The number of hydrogen-bond acceptors (Lipinski definition) is 6. The molecule has 0 spiro atoms. The smallest absolute Gasteiger partial charge is 0.359 e. The molecule has 3 rings (SSSR count). The molecule has 1 aromatic heterocycles. The van der Waals surface area contributed by atoms with Gasteiger partial charge in [0.1, 0.15) is 6.54 Å². The third-order valence-electron chi connectivity index (χ3n) is 5.21. The van der Waals surface area contributed by atoms with Crippen molar-refractivity contribution in [2.24, 2.45) is 0 Å². The summed E-state index contributed by atoms with van der Waals surface area (Å²) in [5.41, 5.74) is 1.99. The first-order valence-electron chi connectivity index (χ1n) is 10.1. The van der Waals surface area contributed by atoms with Crippen molar-refractivity contribution in [2.75, 3.05) is 13.2 Å². The van der Waals surface area contributed by atoms with Crippen molar-refractivity contribution >= 4 is 29.3 Å². The van der Waals surface area contributed by atoms with Crippen LogP contribution in [-0.4, -0.2) is 40.7 Å². The molecule has 30 heavy (non-hydrogen) atoms. The highest BCUT2D eigenvalue weighted by molar-refractivity contribution is 6.31. The van der Waals surface area contributed by atoms with Gasteiger partial charge in [-0.05, 0) is 63.3 Å². The van der Waals surface area contributed by atoms with Gasteiger partial charge >= 0.3 is 11.9 Å². The third-order valence-corrected chi connectivity index (χ3v) is 5.64. The fourth-order valence-corrected chi connectivity index (χ4v) is 3.60. The summed E-state index contributed by atoms with van der Waals surface area (Å²) in [7, 11) is 0. The number of carbonyl (C=O) groups is 3. The number of aromatic nitrogens is 2. The Hall–Kier alpha value is -2.67. The van der Waals surface area contributed by atoms with Crippen molar-refractivity contribution in [1.29, 1.82) is 0 Å². The summed E-state index contributed by atoms with van der Waals surface area (Å²) in [6, 6.07) is 4.98. The van der Waals surface area contributed by atoms with Gasteiger partial charge in [-0.2, -0.15) is 5.10 Å². The quantitative estimate of drug-likeness (QED) is 0.455. The minimum absolute atomic E-state index is 0.0189. The van der Waals surface area contributed by atoms with Crippen LogP contribution in [0.25, 0.3) is 0 Å². The molecule has 0 aliphatic heterocycles. The van der Waals surface area contributed by atoms with Gasteiger partial charge in [-0.3, -0.25) is 4.79 Å². The summed E-state index contributed by atoms with van der Waals surface area (Å²) in [4.78, 5) is 38.2. The van der Waals surface area contributed by atoms with Crippen LogP contribution in [0, 0.1) is 6.92 Å². The molecule has 0 atom stereocenters. The van der Waals surface area contributed by atoms with Crippen molar-refractivity contribution in [3.63, 3.8) is 0 Å². The highest BCUT2D eigenvalue weighted by atomic mass is 35.5. The van der Waals surface area contributed by atoms with Gasteiger partial charge in [-0.1, -0.05) is 18.0 Å². The standard InChI is InChI=1S/C22H25ClN2O5/c1-4-29-21(27)19-18(14-7-6-8-14)20(22(28)30-5-2)25(24-19)12-17(26)15-9-10-16(23)13(3)11-15/h9-11,14H,4-8,12H2,1-3H3. The number of rotatable bonds is 8. The monoisotopic (exact) mass is 432 g/mol. The SMILES string of the molecule is CCOC(=O)c1nn(CC(=O)c2ccc(Cl)c(C)c2)c(C(=O)OCC)c1C1CCC1. The van der Waals surface area contributed by atoms with E-state index in [0.717, 1.165) is 24.8 Å². The molecule has 0 amide bonds. The zero-order valence-electron chi connectivity index (χ0n) is 17.4. The van der Waals surface area contributed by atoms with Crippen LogP contribution in [-0.2, 0) is 16.0 Å². The van der Waals surface area contributed by atoms with E-state index in [1.165, 1.54) is 4.68 Å². The van der Waals surface area contributed by atoms with Crippen molar-refractivity contribution < 1.29 is 23.9 Å². The minimum atomic E-state index is -0.599. The Kier molecular flexibility index (Phi) is 6.92. The maximum Gasteiger partial charge on any atom is 0.359 e. The number of esters is 2. The lowest BCUT2D eigenvalue weighted by Gasteiger charge is -2.26. The summed E-state index contributed by atoms with van der Waals surface area (Å²) < 4.78 is 11.7. The van der Waals surface area contributed by atoms with Crippen LogP contribution in [0.4, 0.5) is 0 Å². The number of ketones is 1. The predicted molar refractivity (Wildman–Crippen MR) is 111 cm³/mol. The molecule has 160 valence electrons. The molecule has 1 saturated carbocycles. The molecule has 0 N–H and O–H groups in total. The van der Waals surface area contributed by atoms with Crippen molar-refractivity contribution in [1.82, 2.24) is 9.78 Å². The van der Waals surface area contributed by atoms with Crippen LogP contribution in [0.2, 0.25) is 5.02 Å². The van der Waals surface area contributed by atoms with Gasteiger partial charge in [-0.25, -0.2) is 14.3 Å². The second-order valence-corrected chi connectivity index (χ2v) is 7.63. The van der Waals surface area contributed by atoms with E-state index in [-0.39, 0.29) is 42.8 Å². The minimum Gasteiger partial charge on any atom is -0.461 e. The number of halogens is 1. The fourth-order valence-electron chi connectivity index (χ4n) is 3.48. The number of nitrogens with zero attached hydrogens (tertiary/aromatic N) is 2. The van der Waals surface area contributed by atoms with Gasteiger partial charge in [0.2, 0.25) is 0 Å². The number of ether oxygens (including phenoxy) is 2. The topological polar surface area (TPSA) is 87.5 Å². The molecule has 7 nitrogen and oxygen atoms in total. The van der Waals surface area contributed by atoms with E-state index in [2.05, 4.69) is 5.10 Å². The maximum absolute atomic E-state index is 12.9. The molecule has 0 radical (unpaired) electrons. The largest absolute Gasteiger partial charge is 0.461 e. The molecule has 2 aromatic rings. The fraction of sp³-hybridized carbons (Fsp3) is 0.455. The van der Waals surface area contributed by atoms with E-state index >= 15 is 0 Å². The number of Topliss-reactive ketones (excluding diaryl/α,β-unsaturated/α-hetero) is 1. The van der Waals surface area contributed by atoms with Gasteiger partial charge in [0, 0.05) is 16.1 Å². The zero-order chi connectivity index (χ0) is 21.8. The van der Waals surface area contributed by atoms with Crippen LogP contribution >= 0.6 is 11.6 Å². The molecular weight excluding hydrogens is 408 g/mol. The molecule has 1 aliphatic carbocycles. The van der Waals surface area contributed by atoms with Crippen LogP contribution in [0.15, 0.2) is 18.2 Å². The lowest BCUT2D eigenvalue weighted by atomic mass is 9.78. The highest BCUT2D eigenvalue weighted by Gasteiger charge is 2.36. The first-order valence-corrected chi connectivity index (χ1v) is 10.5. The number of benzene rings is 1. The van der Waals surface area contributed by atoms with Gasteiger partial charge in [0.15, 0.2) is 17.2 Å². The molecule has 1 heterocycles. The van der Waals surface area contributed by atoms with E-state index in [9.17, 15) is 14.4 Å². The van der Waals surface area contributed by atoms with Crippen molar-refractivity contribution in [3.05, 3.63) is 51.3 Å². The predicted octanol–water partition coefficient (Wildman–Crippen LogP) is 4.35. The van der Waals surface area contributed by atoms with E-state index in [0.29, 0.717) is 16.1 Å². The number of carbonyl (C=O) groups excluding carboxylic acids is 3. The summed E-state index contributed by atoms with van der Waals surface area (Å²) in [5, 5.41) is 4.90. The Morgan fingerprint density at radius 2 is 1.80 bits per heavy atom. The molecule has 1 fully saturated rings. The van der Waals surface area contributed by atoms with Gasteiger partial charge in [0.25, 0.3) is 0 Å². The number of aryl methyl sites for hydroxylation is 1. The summed E-state index contributed by atoms with van der Waals surface area (Å²) in [6.45, 7) is 5.38. The average Bonchev–Trinajstić information content (AvgIpc) is 3.01. The van der Waals surface area contributed by atoms with Gasteiger partial charge in [-0.15, -0.1) is 0 Å². The van der Waals surface area contributed by atoms with E-state index in [4.69, 9.17) is 21.1 Å². The lowest BCUT2D eigenvalue weighted by molar-refractivity contribution is 0.0505. The van der Waals surface area contributed by atoms with Crippen LogP contribution in [0.1, 0.15) is 81.5 Å². The van der Waals surface area contributed by atoms with Crippen LogP contribution < -0.4 is 0 Å². The number of hydrogen-bond donors (Lipinski definition) is 0. The molecular formula is C22H25ClN2O5. The molecule has 0 bridgehead atoms. The molecule has 8 heteroatoms. The summed E-state index contributed by atoms with van der Waals surface area (Å²) >= 11 is 6.05. The Labute approximate surface area is 180 Å². The van der Waals surface area contributed by atoms with E-state index in [1.807, 2.05) is 6.92 Å². The Morgan fingerprint density at radius 3 is 2.37 bits per heavy atom. The average molecular weight is 433 g/mol. The Balaban J connectivity index is 2.05. The molecule has 1 aromatic carbocycles. The second-order valence-electron chi connectivity index (χ2n) is 7.22. The van der Waals surface area contributed by atoms with Crippen LogP contribution in [0.3, 0.4) is 0 Å². The Morgan fingerprint density at radius 1 is 1.13 bits per heavy atom. The van der Waals surface area contributed by atoms with Crippen molar-refractivity contribution in [3.8, 4) is 0 Å². The second kappa shape index (κ2) is 9.43. The summed E-state index contributed by atoms with van der Waals surface area (Å²) in [5.74, 6) is -1.43. The Bertz CT molecular complexity index is 978. The molecule has 1 aliphatic rings.